The molecule has 1 spiro atoms. The zero-order chi connectivity index (χ0) is 13.7. The second kappa shape index (κ2) is 4.24. The molecule has 1 saturated heterocycles. The van der Waals surface area contributed by atoms with E-state index >= 15 is 0 Å². The smallest absolute Gasteiger partial charge is 0.226 e. The maximum absolute atomic E-state index is 12.3. The molecular weight excluding hydrogens is 250 g/mol. The molecule has 0 unspecified atom stereocenters. The van der Waals surface area contributed by atoms with Crippen LogP contribution in [0.5, 0.6) is 5.75 Å². The van der Waals surface area contributed by atoms with Gasteiger partial charge in [-0.2, -0.15) is 0 Å². The number of benzene rings is 1. The number of likely N-dealkylation sites (tertiary alicyclic amines) is 1. The minimum atomic E-state index is 0.178. The first-order valence-electron chi connectivity index (χ1n) is 7.68. The van der Waals surface area contributed by atoms with Crippen LogP contribution < -0.4 is 4.74 Å². The van der Waals surface area contributed by atoms with Gasteiger partial charge in [-0.25, -0.2) is 0 Å². The number of aryl methyl sites for hydroxylation is 1. The lowest BCUT2D eigenvalue weighted by Crippen LogP contribution is -2.57. The van der Waals surface area contributed by atoms with Gasteiger partial charge in [0, 0.05) is 5.92 Å². The fourth-order valence-corrected chi connectivity index (χ4v) is 3.67. The lowest BCUT2D eigenvalue weighted by molar-refractivity contribution is -0.142. The van der Waals surface area contributed by atoms with Crippen molar-refractivity contribution in [1.82, 2.24) is 4.90 Å². The molecular formula is C17H21NO2. The topological polar surface area (TPSA) is 29.5 Å². The summed E-state index contributed by atoms with van der Waals surface area (Å²) in [5.74, 6) is 1.65. The molecule has 1 aliphatic heterocycles. The molecule has 0 bridgehead atoms. The lowest BCUT2D eigenvalue weighted by Gasteiger charge is -2.40. The van der Waals surface area contributed by atoms with E-state index in [0.29, 0.717) is 17.2 Å². The van der Waals surface area contributed by atoms with Crippen LogP contribution in [0.2, 0.25) is 0 Å². The molecule has 1 atom stereocenters. The van der Waals surface area contributed by atoms with E-state index in [2.05, 4.69) is 19.1 Å². The second-order valence-electron chi connectivity index (χ2n) is 6.77. The van der Waals surface area contributed by atoms with Gasteiger partial charge in [0.2, 0.25) is 5.91 Å². The van der Waals surface area contributed by atoms with E-state index in [4.69, 9.17) is 4.74 Å². The third-order valence-corrected chi connectivity index (χ3v) is 5.29. The zero-order valence-corrected chi connectivity index (χ0v) is 12.0. The Morgan fingerprint density at radius 1 is 1.35 bits per heavy atom. The third-order valence-electron chi connectivity index (χ3n) is 5.29. The van der Waals surface area contributed by atoms with Gasteiger partial charge in [-0.05, 0) is 49.3 Å². The molecule has 1 aromatic carbocycles. The Labute approximate surface area is 119 Å². The van der Waals surface area contributed by atoms with Crippen LogP contribution in [-0.4, -0.2) is 30.0 Å². The minimum Gasteiger partial charge on any atom is -0.487 e. The van der Waals surface area contributed by atoms with Crippen LogP contribution >= 0.6 is 0 Å². The second-order valence-corrected chi connectivity index (χ2v) is 6.77. The summed E-state index contributed by atoms with van der Waals surface area (Å²) in [6.07, 6.45) is 5.20. The fraction of sp³-hybridized carbons (Fsp3) is 0.588. The van der Waals surface area contributed by atoms with E-state index in [1.807, 2.05) is 17.0 Å². The summed E-state index contributed by atoms with van der Waals surface area (Å²) in [4.78, 5) is 14.3. The van der Waals surface area contributed by atoms with Crippen LogP contribution in [0.3, 0.4) is 0 Å². The maximum atomic E-state index is 12.3. The molecule has 0 radical (unpaired) electrons. The summed E-state index contributed by atoms with van der Waals surface area (Å²) < 4.78 is 5.91. The molecule has 3 fully saturated rings. The monoisotopic (exact) mass is 271 g/mol. The van der Waals surface area contributed by atoms with E-state index in [0.717, 1.165) is 25.3 Å². The van der Waals surface area contributed by atoms with Crippen molar-refractivity contribution < 1.29 is 9.53 Å². The van der Waals surface area contributed by atoms with E-state index < -0.39 is 0 Å². The molecule has 3 heteroatoms. The van der Waals surface area contributed by atoms with E-state index in [-0.39, 0.29) is 6.10 Å². The predicted molar refractivity (Wildman–Crippen MR) is 76.6 cm³/mol. The molecule has 4 rings (SSSR count). The first-order chi connectivity index (χ1) is 9.66. The molecule has 1 aromatic rings. The summed E-state index contributed by atoms with van der Waals surface area (Å²) in [5.41, 5.74) is 1.65. The minimum absolute atomic E-state index is 0.178. The van der Waals surface area contributed by atoms with Crippen molar-refractivity contribution in [3.05, 3.63) is 29.8 Å². The average Bonchev–Trinajstić information content (AvgIpc) is 3.08. The van der Waals surface area contributed by atoms with Crippen LogP contribution in [-0.2, 0) is 4.79 Å². The highest BCUT2D eigenvalue weighted by atomic mass is 16.5. The molecule has 20 heavy (non-hydrogen) atoms. The van der Waals surface area contributed by atoms with Crippen molar-refractivity contribution in [2.24, 2.45) is 11.3 Å². The van der Waals surface area contributed by atoms with Gasteiger partial charge in [0.05, 0.1) is 13.1 Å². The molecule has 3 nitrogen and oxygen atoms in total. The summed E-state index contributed by atoms with van der Waals surface area (Å²) in [5, 5.41) is 0. The van der Waals surface area contributed by atoms with Gasteiger partial charge < -0.3 is 9.64 Å². The van der Waals surface area contributed by atoms with Crippen LogP contribution in [0.4, 0.5) is 0 Å². The van der Waals surface area contributed by atoms with Crippen molar-refractivity contribution in [3.63, 3.8) is 0 Å². The molecule has 0 aromatic heterocycles. The molecule has 2 aliphatic carbocycles. The largest absolute Gasteiger partial charge is 0.487 e. The lowest BCUT2D eigenvalue weighted by atomic mass is 9.79. The van der Waals surface area contributed by atoms with Gasteiger partial charge in [0.25, 0.3) is 0 Å². The highest BCUT2D eigenvalue weighted by Crippen LogP contribution is 2.66. The molecule has 1 amide bonds. The van der Waals surface area contributed by atoms with E-state index in [1.54, 1.807) is 0 Å². The van der Waals surface area contributed by atoms with Gasteiger partial charge in [-0.1, -0.05) is 18.6 Å². The zero-order valence-electron chi connectivity index (χ0n) is 12.0. The summed E-state index contributed by atoms with van der Waals surface area (Å²) in [7, 11) is 0. The number of rotatable bonds is 3. The van der Waals surface area contributed by atoms with Gasteiger partial charge in [-0.15, -0.1) is 0 Å². The molecule has 106 valence electrons. The van der Waals surface area contributed by atoms with Gasteiger partial charge in [0.15, 0.2) is 0 Å². The van der Waals surface area contributed by atoms with Crippen molar-refractivity contribution in [2.75, 3.05) is 13.1 Å². The fourth-order valence-electron chi connectivity index (χ4n) is 3.67. The van der Waals surface area contributed by atoms with Crippen LogP contribution in [0.15, 0.2) is 24.3 Å². The number of amides is 1. The van der Waals surface area contributed by atoms with Crippen LogP contribution in [0, 0.1) is 18.3 Å². The molecule has 1 heterocycles. The summed E-state index contributed by atoms with van der Waals surface area (Å²) in [6, 6.07) is 8.11. The molecule has 2 saturated carbocycles. The number of hydrogen-bond acceptors (Lipinski definition) is 2. The molecule has 0 N–H and O–H groups in total. The van der Waals surface area contributed by atoms with Crippen LogP contribution in [0.25, 0.3) is 0 Å². The summed E-state index contributed by atoms with van der Waals surface area (Å²) in [6.45, 7) is 3.59. The average molecular weight is 271 g/mol. The van der Waals surface area contributed by atoms with Gasteiger partial charge in [0.1, 0.15) is 11.9 Å². The Morgan fingerprint density at radius 3 is 2.75 bits per heavy atom. The first kappa shape index (κ1) is 12.2. The normalized spacial score (nSPS) is 26.9. The quantitative estimate of drug-likeness (QED) is 0.846. The highest BCUT2D eigenvalue weighted by Gasteiger charge is 2.62. The summed E-state index contributed by atoms with van der Waals surface area (Å²) >= 11 is 0. The van der Waals surface area contributed by atoms with Gasteiger partial charge >= 0.3 is 0 Å². The highest BCUT2D eigenvalue weighted by molar-refractivity contribution is 5.83. The van der Waals surface area contributed by atoms with Gasteiger partial charge in [-0.3, -0.25) is 4.79 Å². The van der Waals surface area contributed by atoms with Crippen molar-refractivity contribution in [3.8, 4) is 5.75 Å². The van der Waals surface area contributed by atoms with E-state index in [1.165, 1.54) is 24.8 Å². The number of hydrogen-bond donors (Lipinski definition) is 0. The Kier molecular flexibility index (Phi) is 2.60. The Balaban J connectivity index is 1.28. The Hall–Kier alpha value is -1.51. The van der Waals surface area contributed by atoms with Crippen molar-refractivity contribution in [1.29, 1.82) is 0 Å². The number of carbonyl (C=O) groups excluding carboxylic acids is 1. The van der Waals surface area contributed by atoms with E-state index in [9.17, 15) is 4.79 Å². The van der Waals surface area contributed by atoms with Crippen molar-refractivity contribution >= 4 is 5.91 Å². The van der Waals surface area contributed by atoms with Crippen molar-refractivity contribution in [2.45, 2.75) is 38.7 Å². The SMILES string of the molecule is Cc1cccc(OC2CN(C(=O)[C@H]3CC34CCC4)C2)c1. The number of ether oxygens (including phenoxy) is 1. The third kappa shape index (κ3) is 1.91. The Bertz CT molecular complexity index is 544. The first-order valence-corrected chi connectivity index (χ1v) is 7.68. The number of nitrogens with zero attached hydrogens (tertiary/aromatic N) is 1. The maximum Gasteiger partial charge on any atom is 0.226 e. The molecule has 3 aliphatic rings. The Morgan fingerprint density at radius 2 is 2.15 bits per heavy atom. The van der Waals surface area contributed by atoms with Crippen LogP contribution in [0.1, 0.15) is 31.2 Å². The predicted octanol–water partition coefficient (Wildman–Crippen LogP) is 2.77. The standard InChI is InChI=1S/C17H21NO2/c1-12-4-2-5-13(8-12)20-14-10-18(11-14)16(19)15-9-17(15)6-3-7-17/h2,4-5,8,14-15H,3,6-7,9-11H2,1H3/t15-/m1/s1. The number of carbonyl (C=O) groups is 1.